The number of benzene rings is 2. The maximum absolute atomic E-state index is 13.6. The van der Waals surface area contributed by atoms with Crippen LogP contribution in [-0.2, 0) is 6.42 Å². The summed E-state index contributed by atoms with van der Waals surface area (Å²) in [5.74, 6) is 1.14. The molecule has 0 bridgehead atoms. The van der Waals surface area contributed by atoms with Gasteiger partial charge in [-0.2, -0.15) is 5.10 Å². The molecule has 1 amide bonds. The van der Waals surface area contributed by atoms with Crippen molar-refractivity contribution in [3.05, 3.63) is 77.5 Å². The number of nitrogens with zero attached hydrogens (tertiary/aromatic N) is 6. The lowest BCUT2D eigenvalue weighted by atomic mass is 10.1. The molecule has 8 heteroatoms. The van der Waals surface area contributed by atoms with Gasteiger partial charge in [-0.15, -0.1) is 0 Å². The smallest absolute Gasteiger partial charge is 0.254 e. The topological polar surface area (TPSA) is 67.2 Å². The molecule has 35 heavy (non-hydrogen) atoms. The number of hydrogen-bond donors (Lipinski definition) is 0. The van der Waals surface area contributed by atoms with E-state index in [1.54, 1.807) is 17.0 Å². The molecule has 7 nitrogen and oxygen atoms in total. The number of carbonyl (C=O) groups excluding carboxylic acids is 1. The summed E-state index contributed by atoms with van der Waals surface area (Å²) in [5, 5.41) is 5.76. The number of halogens is 1. The van der Waals surface area contributed by atoms with Gasteiger partial charge in [0.05, 0.1) is 16.8 Å². The molecule has 1 saturated heterocycles. The maximum Gasteiger partial charge on any atom is 0.254 e. The third-order valence-electron chi connectivity index (χ3n) is 6.42. The molecule has 0 N–H and O–H groups in total. The van der Waals surface area contributed by atoms with E-state index in [-0.39, 0.29) is 5.91 Å². The van der Waals surface area contributed by atoms with Crippen LogP contribution in [0.4, 0.5) is 10.2 Å². The van der Waals surface area contributed by atoms with Gasteiger partial charge in [0.1, 0.15) is 17.5 Å². The Hall–Kier alpha value is -3.81. The van der Waals surface area contributed by atoms with E-state index in [1.807, 2.05) is 41.9 Å². The average molecular weight is 473 g/mol. The highest BCUT2D eigenvalue weighted by Crippen LogP contribution is 2.30. The van der Waals surface area contributed by atoms with E-state index in [9.17, 15) is 9.18 Å². The monoisotopic (exact) mass is 472 g/mol. The molecule has 1 fully saturated rings. The molecule has 0 atom stereocenters. The molecule has 5 rings (SSSR count). The highest BCUT2D eigenvalue weighted by atomic mass is 19.1. The molecule has 0 aliphatic carbocycles. The quantitative estimate of drug-likeness (QED) is 0.411. The minimum absolute atomic E-state index is 0.145. The zero-order valence-corrected chi connectivity index (χ0v) is 20.1. The van der Waals surface area contributed by atoms with E-state index < -0.39 is 5.82 Å². The molecule has 4 aromatic rings. The summed E-state index contributed by atoms with van der Waals surface area (Å²) in [6.07, 6.45) is 2.88. The summed E-state index contributed by atoms with van der Waals surface area (Å²) in [6.45, 7) is 6.50. The second kappa shape index (κ2) is 9.82. The lowest BCUT2D eigenvalue weighted by molar-refractivity contribution is 0.0746. The normalized spacial score (nSPS) is 14.0. The number of para-hydroxylation sites is 1. The number of aryl methyl sites for hydroxylation is 2. The van der Waals surface area contributed by atoms with Gasteiger partial charge >= 0.3 is 0 Å². The molecule has 0 saturated carbocycles. The van der Waals surface area contributed by atoms with Crippen molar-refractivity contribution >= 4 is 22.8 Å². The average Bonchev–Trinajstić information content (AvgIpc) is 3.23. The van der Waals surface area contributed by atoms with Gasteiger partial charge in [0, 0.05) is 38.2 Å². The van der Waals surface area contributed by atoms with E-state index in [0.29, 0.717) is 31.7 Å². The van der Waals surface area contributed by atoms with Crippen LogP contribution in [0.15, 0.2) is 54.6 Å². The number of unbranched alkanes of at least 4 members (excludes halogenated alkanes) is 1. The molecule has 180 valence electrons. The summed E-state index contributed by atoms with van der Waals surface area (Å²) in [7, 11) is 0. The van der Waals surface area contributed by atoms with Gasteiger partial charge in [-0.25, -0.2) is 19.0 Å². The number of piperazine rings is 1. The third kappa shape index (κ3) is 4.60. The van der Waals surface area contributed by atoms with Crippen LogP contribution >= 0.6 is 0 Å². The zero-order valence-electron chi connectivity index (χ0n) is 20.1. The molecular weight excluding hydrogens is 443 g/mol. The van der Waals surface area contributed by atoms with Gasteiger partial charge in [-0.05, 0) is 43.7 Å². The van der Waals surface area contributed by atoms with Crippen LogP contribution in [0.3, 0.4) is 0 Å². The summed E-state index contributed by atoms with van der Waals surface area (Å²) >= 11 is 0. The lowest BCUT2D eigenvalue weighted by Gasteiger charge is -2.35. The predicted octanol–water partition coefficient (Wildman–Crippen LogP) is 4.57. The Kier molecular flexibility index (Phi) is 6.44. The zero-order chi connectivity index (χ0) is 24.4. The number of amides is 1. The standard InChI is InChI=1S/C27H29FN6O/c1-3-4-13-23-29-25(24-19(2)31-34(26(24)30-23)22-11-6-5-7-12-22)32-14-16-33(17-15-32)27(35)20-9-8-10-21(28)18-20/h5-12,18H,3-4,13-17H2,1-2H3. The highest BCUT2D eigenvalue weighted by Gasteiger charge is 2.27. The summed E-state index contributed by atoms with van der Waals surface area (Å²) in [5.41, 5.74) is 3.02. The molecule has 2 aromatic heterocycles. The summed E-state index contributed by atoms with van der Waals surface area (Å²) < 4.78 is 15.5. The van der Waals surface area contributed by atoms with Crippen LogP contribution in [0, 0.1) is 12.7 Å². The number of hydrogen-bond acceptors (Lipinski definition) is 5. The molecular formula is C27H29FN6O. The van der Waals surface area contributed by atoms with Crippen LogP contribution in [0.5, 0.6) is 0 Å². The molecule has 0 spiro atoms. The Balaban J connectivity index is 1.47. The van der Waals surface area contributed by atoms with Crippen molar-refractivity contribution in [1.29, 1.82) is 0 Å². The second-order valence-corrected chi connectivity index (χ2v) is 8.89. The van der Waals surface area contributed by atoms with Crippen molar-refractivity contribution in [2.24, 2.45) is 0 Å². The third-order valence-corrected chi connectivity index (χ3v) is 6.42. The van der Waals surface area contributed by atoms with Crippen molar-refractivity contribution < 1.29 is 9.18 Å². The number of fused-ring (bicyclic) bond motifs is 1. The molecule has 3 heterocycles. The van der Waals surface area contributed by atoms with E-state index in [4.69, 9.17) is 15.1 Å². The first-order valence-electron chi connectivity index (χ1n) is 12.2. The molecule has 0 radical (unpaired) electrons. The van der Waals surface area contributed by atoms with E-state index in [1.165, 1.54) is 12.1 Å². The first kappa shape index (κ1) is 23.0. The summed E-state index contributed by atoms with van der Waals surface area (Å²) in [4.78, 5) is 26.8. The summed E-state index contributed by atoms with van der Waals surface area (Å²) in [6, 6.07) is 15.9. The van der Waals surface area contributed by atoms with Crippen molar-refractivity contribution in [1.82, 2.24) is 24.6 Å². The fraction of sp³-hybridized carbons (Fsp3) is 0.333. The molecule has 2 aromatic carbocycles. The fourth-order valence-corrected chi connectivity index (χ4v) is 4.56. The molecule has 0 unspecified atom stereocenters. The lowest BCUT2D eigenvalue weighted by Crippen LogP contribution is -2.49. The first-order chi connectivity index (χ1) is 17.0. The van der Waals surface area contributed by atoms with Gasteiger partial charge in [-0.3, -0.25) is 4.79 Å². The first-order valence-corrected chi connectivity index (χ1v) is 12.2. The van der Waals surface area contributed by atoms with Gasteiger partial charge in [-0.1, -0.05) is 37.6 Å². The minimum Gasteiger partial charge on any atom is -0.352 e. The fourth-order valence-electron chi connectivity index (χ4n) is 4.56. The number of anilines is 1. The van der Waals surface area contributed by atoms with Crippen molar-refractivity contribution in [2.75, 3.05) is 31.1 Å². The Labute approximate surface area is 204 Å². The Morgan fingerprint density at radius 3 is 2.49 bits per heavy atom. The van der Waals surface area contributed by atoms with Gasteiger partial charge < -0.3 is 9.80 Å². The Bertz CT molecular complexity index is 1340. The Morgan fingerprint density at radius 1 is 1.00 bits per heavy atom. The van der Waals surface area contributed by atoms with Gasteiger partial charge in [0.2, 0.25) is 0 Å². The van der Waals surface area contributed by atoms with E-state index in [0.717, 1.165) is 53.3 Å². The van der Waals surface area contributed by atoms with E-state index >= 15 is 0 Å². The number of aromatic nitrogens is 4. The van der Waals surface area contributed by atoms with Crippen LogP contribution in [0.2, 0.25) is 0 Å². The predicted molar refractivity (Wildman–Crippen MR) is 135 cm³/mol. The number of carbonyl (C=O) groups is 1. The van der Waals surface area contributed by atoms with Crippen LogP contribution in [0.1, 0.15) is 41.6 Å². The maximum atomic E-state index is 13.6. The Morgan fingerprint density at radius 2 is 1.77 bits per heavy atom. The van der Waals surface area contributed by atoms with E-state index in [2.05, 4.69) is 11.8 Å². The van der Waals surface area contributed by atoms with Crippen LogP contribution in [0.25, 0.3) is 16.7 Å². The van der Waals surface area contributed by atoms with Crippen molar-refractivity contribution in [3.8, 4) is 5.69 Å². The minimum atomic E-state index is -0.400. The van der Waals surface area contributed by atoms with Gasteiger partial charge in [0.15, 0.2) is 5.65 Å². The number of rotatable bonds is 6. The van der Waals surface area contributed by atoms with Crippen molar-refractivity contribution in [3.63, 3.8) is 0 Å². The molecule has 1 aliphatic rings. The van der Waals surface area contributed by atoms with Gasteiger partial charge in [0.25, 0.3) is 5.91 Å². The largest absolute Gasteiger partial charge is 0.352 e. The molecule has 1 aliphatic heterocycles. The highest BCUT2D eigenvalue weighted by molar-refractivity contribution is 5.95. The SMILES string of the molecule is CCCCc1nc(N2CCN(C(=O)c3cccc(F)c3)CC2)c2c(C)nn(-c3ccccc3)c2n1. The van der Waals surface area contributed by atoms with Crippen molar-refractivity contribution in [2.45, 2.75) is 33.1 Å². The van der Waals surface area contributed by atoms with Crippen LogP contribution < -0.4 is 4.90 Å². The van der Waals surface area contributed by atoms with Crippen LogP contribution in [-0.4, -0.2) is 56.7 Å². The second-order valence-electron chi connectivity index (χ2n) is 8.89.